The highest BCUT2D eigenvalue weighted by atomic mass is 15.1. The Kier molecular flexibility index (Phi) is 12.7. The van der Waals surface area contributed by atoms with Crippen LogP contribution >= 0.6 is 0 Å². The zero-order chi connectivity index (χ0) is 23.0. The Morgan fingerprint density at radius 1 is 0.469 bits per heavy atom. The normalized spacial score (nSPS) is 11.2. The first kappa shape index (κ1) is 26.0. The van der Waals surface area contributed by atoms with Gasteiger partial charge in [0.2, 0.25) is 0 Å². The van der Waals surface area contributed by atoms with Crippen LogP contribution in [0.25, 0.3) is 12.2 Å². The fraction of sp³-hybridized carbons (Fsp3) is 0.533. The molecule has 0 N–H and O–H groups in total. The molecule has 0 fully saturated rings. The lowest BCUT2D eigenvalue weighted by Crippen LogP contribution is -2.25. The summed E-state index contributed by atoms with van der Waals surface area (Å²) in [6.07, 6.45) is 14.5. The molecule has 0 aliphatic rings. The number of hydrogen-bond donors (Lipinski definition) is 0. The second kappa shape index (κ2) is 15.6. The van der Waals surface area contributed by atoms with Gasteiger partial charge < -0.3 is 9.80 Å². The molecule has 0 heterocycles. The highest BCUT2D eigenvalue weighted by Gasteiger charge is 2.06. The molecule has 0 saturated carbocycles. The van der Waals surface area contributed by atoms with Gasteiger partial charge in [0.05, 0.1) is 0 Å². The molecule has 0 saturated heterocycles. The average molecular weight is 435 g/mol. The van der Waals surface area contributed by atoms with E-state index >= 15 is 0 Å². The van der Waals surface area contributed by atoms with Crippen LogP contribution in [0.2, 0.25) is 0 Å². The van der Waals surface area contributed by atoms with Gasteiger partial charge >= 0.3 is 0 Å². The Balaban J connectivity index is 2.01. The maximum Gasteiger partial charge on any atom is 0.0366 e. The second-order valence-electron chi connectivity index (χ2n) is 8.90. The van der Waals surface area contributed by atoms with E-state index in [2.05, 4.69) is 98.2 Å². The van der Waals surface area contributed by atoms with E-state index in [1.165, 1.54) is 73.9 Å². The third kappa shape index (κ3) is 9.10. The number of rotatable bonds is 16. The van der Waals surface area contributed by atoms with E-state index in [-0.39, 0.29) is 0 Å². The van der Waals surface area contributed by atoms with Crippen LogP contribution < -0.4 is 9.80 Å². The Morgan fingerprint density at radius 2 is 0.750 bits per heavy atom. The summed E-state index contributed by atoms with van der Waals surface area (Å²) >= 11 is 0. The molecule has 32 heavy (non-hydrogen) atoms. The molecular weight excluding hydrogens is 388 g/mol. The van der Waals surface area contributed by atoms with Crippen LogP contribution in [-0.4, -0.2) is 26.2 Å². The molecule has 2 rings (SSSR count). The van der Waals surface area contributed by atoms with Crippen molar-refractivity contribution < 1.29 is 0 Å². The number of nitrogens with zero attached hydrogens (tertiary/aromatic N) is 2. The molecular formula is C30H46N2. The molecule has 176 valence electrons. The van der Waals surface area contributed by atoms with Crippen molar-refractivity contribution in [2.75, 3.05) is 36.0 Å². The Morgan fingerprint density at radius 3 is 1.00 bits per heavy atom. The van der Waals surface area contributed by atoms with E-state index in [1.54, 1.807) is 0 Å². The summed E-state index contributed by atoms with van der Waals surface area (Å²) < 4.78 is 0. The molecule has 0 radical (unpaired) electrons. The van der Waals surface area contributed by atoms with Gasteiger partial charge in [0.1, 0.15) is 0 Å². The van der Waals surface area contributed by atoms with Crippen LogP contribution in [0.15, 0.2) is 48.5 Å². The van der Waals surface area contributed by atoms with Crippen LogP contribution in [0.5, 0.6) is 0 Å². The Hall–Kier alpha value is -2.22. The largest absolute Gasteiger partial charge is 0.372 e. The fourth-order valence-electron chi connectivity index (χ4n) is 3.92. The lowest BCUT2D eigenvalue weighted by Gasteiger charge is -2.25. The van der Waals surface area contributed by atoms with Crippen molar-refractivity contribution in [1.82, 2.24) is 0 Å². The van der Waals surface area contributed by atoms with Crippen LogP contribution in [0.1, 0.15) is 90.2 Å². The van der Waals surface area contributed by atoms with Gasteiger partial charge in [0.15, 0.2) is 0 Å². The zero-order valence-corrected chi connectivity index (χ0v) is 21.2. The van der Waals surface area contributed by atoms with Crippen LogP contribution in [-0.2, 0) is 0 Å². The third-order valence-corrected chi connectivity index (χ3v) is 6.11. The molecule has 0 unspecified atom stereocenters. The molecule has 0 amide bonds. The van der Waals surface area contributed by atoms with Crippen molar-refractivity contribution >= 4 is 23.5 Å². The zero-order valence-electron chi connectivity index (χ0n) is 21.2. The molecule has 0 aliphatic heterocycles. The van der Waals surface area contributed by atoms with E-state index in [0.29, 0.717) is 0 Å². The standard InChI is InChI=1S/C30H46N2/c1-5-9-23-31(24-10-6-2)29-19-15-27(16-20-29)13-14-28-17-21-30(22-18-28)32(25-11-7-3)26-12-8-4/h13-22H,5-12,23-26H2,1-4H3/b14-13-. The van der Waals surface area contributed by atoms with Gasteiger partial charge in [-0.3, -0.25) is 0 Å². The maximum absolute atomic E-state index is 2.54. The molecule has 2 nitrogen and oxygen atoms in total. The van der Waals surface area contributed by atoms with Gasteiger partial charge in [-0.2, -0.15) is 0 Å². The summed E-state index contributed by atoms with van der Waals surface area (Å²) in [4.78, 5) is 5.09. The van der Waals surface area contributed by atoms with Crippen LogP contribution in [0.3, 0.4) is 0 Å². The van der Waals surface area contributed by atoms with Gasteiger partial charge in [-0.15, -0.1) is 0 Å². The second-order valence-corrected chi connectivity index (χ2v) is 8.90. The minimum absolute atomic E-state index is 1.16. The molecule has 2 aromatic rings. The minimum atomic E-state index is 1.16. The number of anilines is 2. The van der Waals surface area contributed by atoms with Crippen LogP contribution in [0.4, 0.5) is 11.4 Å². The summed E-state index contributed by atoms with van der Waals surface area (Å²) in [5.41, 5.74) is 5.23. The molecule has 2 aromatic carbocycles. The molecule has 0 aromatic heterocycles. The highest BCUT2D eigenvalue weighted by Crippen LogP contribution is 2.20. The number of benzene rings is 2. The van der Waals surface area contributed by atoms with Crippen molar-refractivity contribution in [3.05, 3.63) is 59.7 Å². The van der Waals surface area contributed by atoms with Gasteiger partial charge in [-0.25, -0.2) is 0 Å². The van der Waals surface area contributed by atoms with Crippen molar-refractivity contribution in [1.29, 1.82) is 0 Å². The van der Waals surface area contributed by atoms with Crippen molar-refractivity contribution in [2.24, 2.45) is 0 Å². The fourth-order valence-corrected chi connectivity index (χ4v) is 3.92. The third-order valence-electron chi connectivity index (χ3n) is 6.11. The first-order valence-corrected chi connectivity index (χ1v) is 13.1. The van der Waals surface area contributed by atoms with Crippen molar-refractivity contribution in [2.45, 2.75) is 79.1 Å². The molecule has 0 atom stereocenters. The van der Waals surface area contributed by atoms with Gasteiger partial charge in [-0.1, -0.05) is 89.8 Å². The first-order valence-electron chi connectivity index (χ1n) is 13.1. The average Bonchev–Trinajstić information content (AvgIpc) is 2.84. The number of hydrogen-bond acceptors (Lipinski definition) is 2. The molecule has 0 bridgehead atoms. The van der Waals surface area contributed by atoms with E-state index < -0.39 is 0 Å². The lowest BCUT2D eigenvalue weighted by molar-refractivity contribution is 0.678. The van der Waals surface area contributed by atoms with Gasteiger partial charge in [-0.05, 0) is 61.1 Å². The predicted molar refractivity (Wildman–Crippen MR) is 146 cm³/mol. The summed E-state index contributed by atoms with van der Waals surface area (Å²) in [6.45, 7) is 13.7. The minimum Gasteiger partial charge on any atom is -0.372 e. The van der Waals surface area contributed by atoms with Crippen molar-refractivity contribution in [3.8, 4) is 0 Å². The number of unbranched alkanes of at least 4 members (excludes halogenated alkanes) is 4. The van der Waals surface area contributed by atoms with Gasteiger partial charge in [0, 0.05) is 37.6 Å². The SMILES string of the molecule is CCCCN(CCCC)c1ccc(/C=C\c2ccc(N(CCCC)CCCC)cc2)cc1. The van der Waals surface area contributed by atoms with E-state index in [0.717, 1.165) is 26.2 Å². The van der Waals surface area contributed by atoms with Gasteiger partial charge in [0.25, 0.3) is 0 Å². The first-order chi connectivity index (χ1) is 15.7. The summed E-state index contributed by atoms with van der Waals surface area (Å²) in [5, 5.41) is 0. The van der Waals surface area contributed by atoms with E-state index in [1.807, 2.05) is 0 Å². The Labute approximate surface area is 198 Å². The quantitative estimate of drug-likeness (QED) is 0.244. The van der Waals surface area contributed by atoms with E-state index in [9.17, 15) is 0 Å². The molecule has 0 aliphatic carbocycles. The molecule has 0 spiro atoms. The monoisotopic (exact) mass is 434 g/mol. The molecule has 2 heteroatoms. The smallest absolute Gasteiger partial charge is 0.0366 e. The highest BCUT2D eigenvalue weighted by molar-refractivity contribution is 5.71. The topological polar surface area (TPSA) is 6.48 Å². The summed E-state index contributed by atoms with van der Waals surface area (Å²) in [5.74, 6) is 0. The van der Waals surface area contributed by atoms with Crippen molar-refractivity contribution in [3.63, 3.8) is 0 Å². The predicted octanol–water partition coefficient (Wildman–Crippen LogP) is 8.67. The van der Waals surface area contributed by atoms with E-state index in [4.69, 9.17) is 0 Å². The lowest BCUT2D eigenvalue weighted by atomic mass is 10.1. The summed E-state index contributed by atoms with van der Waals surface area (Å²) in [7, 11) is 0. The van der Waals surface area contributed by atoms with Crippen LogP contribution in [0, 0.1) is 0 Å². The maximum atomic E-state index is 2.54. The summed E-state index contributed by atoms with van der Waals surface area (Å²) in [6, 6.07) is 18.1. The Bertz CT molecular complexity index is 664.